The lowest BCUT2D eigenvalue weighted by atomic mass is 10.1. The van der Waals surface area contributed by atoms with Gasteiger partial charge in [-0.3, -0.25) is 10.1 Å². The van der Waals surface area contributed by atoms with Crippen molar-refractivity contribution < 1.29 is 4.92 Å². The van der Waals surface area contributed by atoms with E-state index in [4.69, 9.17) is 0 Å². The molecule has 21 heavy (non-hydrogen) atoms. The van der Waals surface area contributed by atoms with Crippen molar-refractivity contribution in [3.8, 4) is 0 Å². The molecule has 0 amide bonds. The fourth-order valence-corrected chi connectivity index (χ4v) is 2.59. The molecule has 1 aliphatic carbocycles. The lowest BCUT2D eigenvalue weighted by Crippen LogP contribution is -2.21. The summed E-state index contributed by atoms with van der Waals surface area (Å²) in [6.07, 6.45) is 2.90. The van der Waals surface area contributed by atoms with E-state index in [1.54, 1.807) is 7.05 Å². The zero-order valence-corrected chi connectivity index (χ0v) is 11.5. The van der Waals surface area contributed by atoms with E-state index in [0.717, 1.165) is 12.8 Å². The summed E-state index contributed by atoms with van der Waals surface area (Å²) in [6.45, 7) is 0. The van der Waals surface area contributed by atoms with Gasteiger partial charge in [-0.2, -0.15) is 4.98 Å². The number of nitrogens with one attached hydrogen (secondary N) is 2. The van der Waals surface area contributed by atoms with Gasteiger partial charge in [0.2, 0.25) is 11.8 Å². The number of aromatic nitrogens is 2. The Hall–Kier alpha value is -2.70. The Balaban J connectivity index is 1.84. The van der Waals surface area contributed by atoms with Gasteiger partial charge in [0.05, 0.1) is 4.92 Å². The molecule has 0 spiro atoms. The highest BCUT2D eigenvalue weighted by molar-refractivity contribution is 5.58. The van der Waals surface area contributed by atoms with Crippen LogP contribution in [0.1, 0.15) is 11.1 Å². The Morgan fingerprint density at radius 3 is 2.52 bits per heavy atom. The zero-order chi connectivity index (χ0) is 14.8. The van der Waals surface area contributed by atoms with Gasteiger partial charge in [-0.15, -0.1) is 0 Å². The van der Waals surface area contributed by atoms with E-state index in [1.807, 2.05) is 12.1 Å². The molecule has 0 fully saturated rings. The average molecular weight is 285 g/mol. The first-order chi connectivity index (χ1) is 10.2. The lowest BCUT2D eigenvalue weighted by molar-refractivity contribution is -0.384. The van der Waals surface area contributed by atoms with E-state index in [9.17, 15) is 10.1 Å². The molecule has 0 atom stereocenters. The van der Waals surface area contributed by atoms with Crippen LogP contribution < -0.4 is 10.6 Å². The highest BCUT2D eigenvalue weighted by Gasteiger charge is 2.25. The molecule has 0 bridgehead atoms. The van der Waals surface area contributed by atoms with Crippen LogP contribution in [0.3, 0.4) is 0 Å². The molecule has 7 nitrogen and oxygen atoms in total. The monoisotopic (exact) mass is 285 g/mol. The molecule has 1 aromatic carbocycles. The topological polar surface area (TPSA) is 93.0 Å². The first kappa shape index (κ1) is 13.3. The minimum Gasteiger partial charge on any atom is -0.361 e. The van der Waals surface area contributed by atoms with Crippen molar-refractivity contribution in [2.75, 3.05) is 17.7 Å². The molecule has 2 N–H and O–H groups in total. The predicted octanol–water partition coefficient (Wildman–Crippen LogP) is 2.01. The Morgan fingerprint density at radius 2 is 1.95 bits per heavy atom. The molecule has 7 heteroatoms. The standard InChI is InChI=1S/C14H15N5O2/c1-15-14-16-8-12(19(20)21)13(18-14)17-11-6-9-4-2-3-5-10(9)7-11/h2-5,8,11H,6-7H2,1H3,(H2,15,16,17,18). The maximum Gasteiger partial charge on any atom is 0.329 e. The molecule has 108 valence electrons. The second-order valence-corrected chi connectivity index (χ2v) is 4.95. The second-order valence-electron chi connectivity index (χ2n) is 4.95. The van der Waals surface area contributed by atoms with Crippen molar-refractivity contribution in [1.82, 2.24) is 9.97 Å². The third-order valence-electron chi connectivity index (χ3n) is 3.58. The Kier molecular flexibility index (Phi) is 3.39. The van der Waals surface area contributed by atoms with Crippen molar-refractivity contribution >= 4 is 17.5 Å². The number of hydrogen-bond donors (Lipinski definition) is 2. The summed E-state index contributed by atoms with van der Waals surface area (Å²) >= 11 is 0. The van der Waals surface area contributed by atoms with Gasteiger partial charge < -0.3 is 10.6 Å². The predicted molar refractivity (Wildman–Crippen MR) is 79.5 cm³/mol. The van der Waals surface area contributed by atoms with Crippen LogP contribution in [-0.4, -0.2) is 28.0 Å². The summed E-state index contributed by atoms with van der Waals surface area (Å²) in [5, 5.41) is 17.0. The van der Waals surface area contributed by atoms with Gasteiger partial charge in [0.1, 0.15) is 6.20 Å². The van der Waals surface area contributed by atoms with Crippen LogP contribution >= 0.6 is 0 Å². The molecule has 0 saturated carbocycles. The van der Waals surface area contributed by atoms with E-state index in [-0.39, 0.29) is 17.5 Å². The maximum absolute atomic E-state index is 11.1. The van der Waals surface area contributed by atoms with Gasteiger partial charge in [0.25, 0.3) is 0 Å². The molecular weight excluding hydrogens is 270 g/mol. The summed E-state index contributed by atoms with van der Waals surface area (Å²) in [5.41, 5.74) is 2.45. The summed E-state index contributed by atoms with van der Waals surface area (Å²) in [6, 6.07) is 8.30. The van der Waals surface area contributed by atoms with Crippen LogP contribution in [-0.2, 0) is 12.8 Å². The van der Waals surface area contributed by atoms with Gasteiger partial charge >= 0.3 is 5.69 Å². The molecule has 3 rings (SSSR count). The first-order valence-corrected chi connectivity index (χ1v) is 6.70. The highest BCUT2D eigenvalue weighted by atomic mass is 16.6. The third kappa shape index (κ3) is 2.62. The van der Waals surface area contributed by atoms with E-state index in [0.29, 0.717) is 5.95 Å². The first-order valence-electron chi connectivity index (χ1n) is 6.70. The van der Waals surface area contributed by atoms with Crippen molar-refractivity contribution in [2.45, 2.75) is 18.9 Å². The van der Waals surface area contributed by atoms with Crippen LogP contribution in [0.25, 0.3) is 0 Å². The van der Waals surface area contributed by atoms with E-state index >= 15 is 0 Å². The molecule has 0 unspecified atom stereocenters. The number of benzene rings is 1. The number of nitro groups is 1. The molecular formula is C14H15N5O2. The summed E-state index contributed by atoms with van der Waals surface area (Å²) in [5.74, 6) is 0.621. The van der Waals surface area contributed by atoms with Gasteiger partial charge in [0, 0.05) is 13.1 Å². The number of hydrogen-bond acceptors (Lipinski definition) is 6. The van der Waals surface area contributed by atoms with Gasteiger partial charge in [-0.1, -0.05) is 24.3 Å². The zero-order valence-electron chi connectivity index (χ0n) is 11.5. The summed E-state index contributed by atoms with van der Waals surface area (Å²) in [7, 11) is 1.68. The lowest BCUT2D eigenvalue weighted by Gasteiger charge is -2.13. The van der Waals surface area contributed by atoms with E-state index in [2.05, 4.69) is 32.7 Å². The van der Waals surface area contributed by atoms with Crippen LogP contribution in [0.2, 0.25) is 0 Å². The largest absolute Gasteiger partial charge is 0.361 e. The van der Waals surface area contributed by atoms with Crippen LogP contribution in [0.4, 0.5) is 17.5 Å². The third-order valence-corrected chi connectivity index (χ3v) is 3.58. The number of anilines is 2. The van der Waals surface area contributed by atoms with Gasteiger partial charge in [-0.05, 0) is 24.0 Å². The van der Waals surface area contributed by atoms with Crippen LogP contribution in [0, 0.1) is 10.1 Å². The number of fused-ring (bicyclic) bond motifs is 1. The minimum atomic E-state index is -0.468. The molecule has 0 saturated heterocycles. The van der Waals surface area contributed by atoms with Crippen molar-refractivity contribution in [3.63, 3.8) is 0 Å². The maximum atomic E-state index is 11.1. The molecule has 1 aliphatic rings. The van der Waals surface area contributed by atoms with E-state index < -0.39 is 4.92 Å². The second kappa shape index (κ2) is 5.35. The molecule has 2 aromatic rings. The number of nitrogens with zero attached hydrogens (tertiary/aromatic N) is 3. The normalized spacial score (nSPS) is 13.8. The van der Waals surface area contributed by atoms with Crippen LogP contribution in [0.15, 0.2) is 30.5 Å². The Labute approximate surface area is 121 Å². The van der Waals surface area contributed by atoms with Crippen LogP contribution in [0.5, 0.6) is 0 Å². The number of rotatable bonds is 4. The fourth-order valence-electron chi connectivity index (χ4n) is 2.59. The van der Waals surface area contributed by atoms with E-state index in [1.165, 1.54) is 17.3 Å². The smallest absolute Gasteiger partial charge is 0.329 e. The Morgan fingerprint density at radius 1 is 1.29 bits per heavy atom. The SMILES string of the molecule is CNc1ncc([N+](=O)[O-])c(NC2Cc3ccccc3C2)n1. The fraction of sp³-hybridized carbons (Fsp3) is 0.286. The Bertz CT molecular complexity index is 664. The molecule has 0 aliphatic heterocycles. The molecule has 0 radical (unpaired) electrons. The minimum absolute atomic E-state index is 0.107. The summed E-state index contributed by atoms with van der Waals surface area (Å²) < 4.78 is 0. The molecule has 1 heterocycles. The molecule has 1 aromatic heterocycles. The van der Waals surface area contributed by atoms with Crippen molar-refractivity contribution in [3.05, 3.63) is 51.7 Å². The summed E-state index contributed by atoms with van der Waals surface area (Å²) in [4.78, 5) is 18.7. The average Bonchev–Trinajstić information content (AvgIpc) is 2.89. The quantitative estimate of drug-likeness (QED) is 0.659. The van der Waals surface area contributed by atoms with Gasteiger partial charge in [-0.25, -0.2) is 4.98 Å². The van der Waals surface area contributed by atoms with Crippen molar-refractivity contribution in [1.29, 1.82) is 0 Å². The van der Waals surface area contributed by atoms with Crippen molar-refractivity contribution in [2.24, 2.45) is 0 Å². The van der Waals surface area contributed by atoms with Gasteiger partial charge in [0.15, 0.2) is 0 Å². The highest BCUT2D eigenvalue weighted by Crippen LogP contribution is 2.28.